The van der Waals surface area contributed by atoms with Crippen LogP contribution in [-0.2, 0) is 0 Å². The minimum atomic E-state index is -0.375. The molecule has 102 valence electrons. The molecule has 1 saturated carbocycles. The third kappa shape index (κ3) is 3.56. The third-order valence-corrected chi connectivity index (χ3v) is 4.12. The van der Waals surface area contributed by atoms with E-state index >= 15 is 0 Å². The molecule has 0 atom stereocenters. The van der Waals surface area contributed by atoms with E-state index in [0.29, 0.717) is 12.3 Å². The molecule has 0 bridgehead atoms. The highest BCUT2D eigenvalue weighted by atomic mass is 16.3. The maximum atomic E-state index is 9.42. The molecule has 1 fully saturated rings. The van der Waals surface area contributed by atoms with Crippen LogP contribution in [0, 0.1) is 11.3 Å². The van der Waals surface area contributed by atoms with Gasteiger partial charge in [-0.05, 0) is 50.1 Å². The van der Waals surface area contributed by atoms with E-state index < -0.39 is 0 Å². The van der Waals surface area contributed by atoms with Gasteiger partial charge >= 0.3 is 0 Å². The molecule has 0 aromatic heterocycles. The van der Waals surface area contributed by atoms with Crippen LogP contribution >= 0.6 is 0 Å². The van der Waals surface area contributed by atoms with Crippen molar-refractivity contribution in [3.05, 3.63) is 35.9 Å². The molecule has 0 aliphatic heterocycles. The molecule has 0 saturated heterocycles. The molecule has 1 aromatic carbocycles. The largest absolute Gasteiger partial charge is 0.396 e. The third-order valence-electron chi connectivity index (χ3n) is 4.12. The smallest absolute Gasteiger partial charge is 0.106 e. The van der Waals surface area contributed by atoms with Crippen LogP contribution in [-0.4, -0.2) is 23.8 Å². The molecule has 19 heavy (non-hydrogen) atoms. The van der Waals surface area contributed by atoms with E-state index in [1.807, 2.05) is 6.07 Å². The second kappa shape index (κ2) is 6.70. The highest BCUT2D eigenvalue weighted by molar-refractivity contribution is 5.22. The Morgan fingerprint density at radius 3 is 2.53 bits per heavy atom. The summed E-state index contributed by atoms with van der Waals surface area (Å²) >= 11 is 0. The van der Waals surface area contributed by atoms with Crippen LogP contribution < -0.4 is 5.32 Å². The van der Waals surface area contributed by atoms with Crippen molar-refractivity contribution >= 4 is 0 Å². The summed E-state index contributed by atoms with van der Waals surface area (Å²) in [7, 11) is 0. The maximum Gasteiger partial charge on any atom is 0.106 e. The van der Waals surface area contributed by atoms with Gasteiger partial charge < -0.3 is 5.11 Å². The zero-order valence-electron chi connectivity index (χ0n) is 11.3. The number of nitrogens with one attached hydrogen (secondary N) is 1. The molecule has 1 aliphatic carbocycles. The van der Waals surface area contributed by atoms with Gasteiger partial charge in [-0.3, -0.25) is 5.32 Å². The van der Waals surface area contributed by atoms with Crippen LogP contribution in [0.25, 0.3) is 0 Å². The van der Waals surface area contributed by atoms with Gasteiger partial charge in [0.1, 0.15) is 5.54 Å². The molecule has 0 spiro atoms. The first kappa shape index (κ1) is 14.0. The summed E-state index contributed by atoms with van der Waals surface area (Å²) in [6.07, 6.45) is 4.63. The molecule has 0 amide bonds. The summed E-state index contributed by atoms with van der Waals surface area (Å²) in [4.78, 5) is 0. The number of aliphatic hydroxyl groups is 1. The fourth-order valence-electron chi connectivity index (χ4n) is 2.90. The molecule has 0 heterocycles. The first-order chi connectivity index (χ1) is 9.29. The van der Waals surface area contributed by atoms with Gasteiger partial charge in [-0.15, -0.1) is 0 Å². The quantitative estimate of drug-likeness (QED) is 0.798. The molecular weight excluding hydrogens is 236 g/mol. The molecule has 3 nitrogen and oxygen atoms in total. The minimum absolute atomic E-state index is 0.182. The average Bonchev–Trinajstić information content (AvgIpc) is 2.49. The lowest BCUT2D eigenvalue weighted by Gasteiger charge is -2.36. The van der Waals surface area contributed by atoms with Gasteiger partial charge in [-0.25, -0.2) is 0 Å². The van der Waals surface area contributed by atoms with Crippen molar-refractivity contribution in [2.75, 3.05) is 13.2 Å². The zero-order chi connectivity index (χ0) is 13.6. The summed E-state index contributed by atoms with van der Waals surface area (Å²) in [5.74, 6) is 0.585. The molecule has 0 radical (unpaired) electrons. The summed E-state index contributed by atoms with van der Waals surface area (Å²) in [6.45, 7) is 0.904. The van der Waals surface area contributed by atoms with Crippen LogP contribution in [0.15, 0.2) is 30.3 Å². The highest BCUT2D eigenvalue weighted by Crippen LogP contribution is 2.37. The number of nitriles is 1. The normalized spacial score (nSPS) is 26.8. The predicted molar refractivity (Wildman–Crippen MR) is 75.7 cm³/mol. The molecule has 2 N–H and O–H groups in total. The van der Waals surface area contributed by atoms with Crippen LogP contribution in [0.3, 0.4) is 0 Å². The number of aliphatic hydroxyl groups excluding tert-OH is 1. The Balaban J connectivity index is 1.92. The summed E-state index contributed by atoms with van der Waals surface area (Å²) in [5, 5.41) is 21.6. The number of nitrogens with zero attached hydrogens (tertiary/aromatic N) is 1. The van der Waals surface area contributed by atoms with Gasteiger partial charge in [0.25, 0.3) is 0 Å². The zero-order valence-corrected chi connectivity index (χ0v) is 11.3. The molecule has 0 unspecified atom stereocenters. The summed E-state index contributed by atoms with van der Waals surface area (Å²) < 4.78 is 0. The first-order valence-electron chi connectivity index (χ1n) is 7.12. The molecule has 1 aromatic rings. The van der Waals surface area contributed by atoms with Crippen LogP contribution in [0.4, 0.5) is 0 Å². The van der Waals surface area contributed by atoms with E-state index in [9.17, 15) is 5.26 Å². The Hall–Kier alpha value is -1.37. The van der Waals surface area contributed by atoms with E-state index in [2.05, 4.69) is 35.7 Å². The van der Waals surface area contributed by atoms with Gasteiger partial charge in [0.05, 0.1) is 6.07 Å². The second-order valence-electron chi connectivity index (χ2n) is 5.38. The topological polar surface area (TPSA) is 56.0 Å². The van der Waals surface area contributed by atoms with Crippen molar-refractivity contribution in [1.29, 1.82) is 5.26 Å². The van der Waals surface area contributed by atoms with Crippen molar-refractivity contribution < 1.29 is 5.11 Å². The summed E-state index contributed by atoms with van der Waals surface area (Å²) in [5.41, 5.74) is 1.02. The first-order valence-corrected chi connectivity index (χ1v) is 7.12. The number of benzene rings is 1. The van der Waals surface area contributed by atoms with Crippen molar-refractivity contribution in [2.45, 2.75) is 43.6 Å². The van der Waals surface area contributed by atoms with Gasteiger partial charge in [-0.2, -0.15) is 5.26 Å². The molecule has 3 heteroatoms. The minimum Gasteiger partial charge on any atom is -0.396 e. The SMILES string of the molecule is N#CC1(NCCCO)CCC(c2ccccc2)CC1. The predicted octanol–water partition coefficient (Wildman–Crippen LogP) is 2.58. The van der Waals surface area contributed by atoms with Crippen molar-refractivity contribution in [1.82, 2.24) is 5.32 Å². The number of hydrogen-bond donors (Lipinski definition) is 2. The van der Waals surface area contributed by atoms with Crippen molar-refractivity contribution in [3.63, 3.8) is 0 Å². The average molecular weight is 258 g/mol. The molecule has 2 rings (SSSR count). The fourth-order valence-corrected chi connectivity index (χ4v) is 2.90. The highest BCUT2D eigenvalue weighted by Gasteiger charge is 2.35. The lowest BCUT2D eigenvalue weighted by molar-refractivity contribution is 0.250. The second-order valence-corrected chi connectivity index (χ2v) is 5.38. The van der Waals surface area contributed by atoms with E-state index in [1.54, 1.807) is 0 Å². The van der Waals surface area contributed by atoms with E-state index in [4.69, 9.17) is 5.11 Å². The van der Waals surface area contributed by atoms with Crippen LogP contribution in [0.2, 0.25) is 0 Å². The van der Waals surface area contributed by atoms with E-state index in [0.717, 1.165) is 32.2 Å². The van der Waals surface area contributed by atoms with Crippen LogP contribution in [0.1, 0.15) is 43.6 Å². The molecule has 1 aliphatic rings. The van der Waals surface area contributed by atoms with Gasteiger partial charge in [0.15, 0.2) is 0 Å². The Labute approximate surface area is 115 Å². The van der Waals surface area contributed by atoms with E-state index in [1.165, 1.54) is 5.56 Å². The lowest BCUT2D eigenvalue weighted by atomic mass is 9.75. The van der Waals surface area contributed by atoms with Gasteiger partial charge in [0.2, 0.25) is 0 Å². The van der Waals surface area contributed by atoms with Crippen molar-refractivity contribution in [2.24, 2.45) is 0 Å². The number of rotatable bonds is 5. The Morgan fingerprint density at radius 1 is 1.26 bits per heavy atom. The van der Waals surface area contributed by atoms with Gasteiger partial charge in [0, 0.05) is 6.61 Å². The Bertz CT molecular complexity index is 416. The monoisotopic (exact) mass is 258 g/mol. The lowest BCUT2D eigenvalue weighted by Crippen LogP contribution is -2.47. The van der Waals surface area contributed by atoms with E-state index in [-0.39, 0.29) is 12.1 Å². The molecular formula is C16H22N2O. The summed E-state index contributed by atoms with van der Waals surface area (Å²) in [6, 6.07) is 13.0. The fraction of sp³-hybridized carbons (Fsp3) is 0.562. The van der Waals surface area contributed by atoms with Gasteiger partial charge in [-0.1, -0.05) is 30.3 Å². The van der Waals surface area contributed by atoms with Crippen molar-refractivity contribution in [3.8, 4) is 6.07 Å². The maximum absolute atomic E-state index is 9.42. The number of hydrogen-bond acceptors (Lipinski definition) is 3. The Morgan fingerprint density at radius 2 is 1.95 bits per heavy atom. The van der Waals surface area contributed by atoms with Crippen LogP contribution in [0.5, 0.6) is 0 Å². The Kier molecular flexibility index (Phi) is 4.95. The standard InChI is InChI=1S/C16H22N2O/c17-13-16(18-11-4-12-19)9-7-15(8-10-16)14-5-2-1-3-6-14/h1-3,5-6,15,18-19H,4,7-12H2.